The second kappa shape index (κ2) is 29.9. The monoisotopic (exact) mass is 1230 g/mol. The second-order valence-corrected chi connectivity index (χ2v) is 25.1. The average Bonchev–Trinajstić information content (AvgIpc) is 1.81. The van der Waals surface area contributed by atoms with Crippen LogP contribution in [0.3, 0.4) is 0 Å². The predicted octanol–water partition coefficient (Wildman–Crippen LogP) is 3.75. The highest BCUT2D eigenvalue weighted by atomic mass is 35.5. The number of rotatable bonds is 7. The van der Waals surface area contributed by atoms with E-state index in [4.69, 9.17) is 11.6 Å². The molecule has 22 nitrogen and oxygen atoms in total. The molecule has 0 aromatic heterocycles. The maximum atomic E-state index is 15.1. The molecule has 26 heteroatoms. The normalized spacial score (nSPS) is 27.7. The van der Waals surface area contributed by atoms with E-state index in [2.05, 4.69) is 21.3 Å². The number of aryl methyl sites for hydroxylation is 1. The van der Waals surface area contributed by atoms with Crippen molar-refractivity contribution in [2.45, 2.75) is 198 Å². The Kier molecular flexibility index (Phi) is 24.4. The van der Waals surface area contributed by atoms with Gasteiger partial charge in [-0.25, -0.2) is 0 Å². The van der Waals surface area contributed by atoms with E-state index in [-0.39, 0.29) is 51.0 Å². The molecule has 2 heterocycles. The van der Waals surface area contributed by atoms with Crippen molar-refractivity contribution in [2.75, 3.05) is 61.9 Å². The quantitative estimate of drug-likeness (QED) is 0.306. The number of fused-ring (bicyclic) bond motifs is 1. The maximum Gasteiger partial charge on any atom is 0.417 e. The topological polar surface area (TPSA) is 259 Å². The molecule has 11 amide bonds. The van der Waals surface area contributed by atoms with Crippen molar-refractivity contribution in [3.63, 3.8) is 0 Å². The van der Waals surface area contributed by atoms with Gasteiger partial charge in [0.15, 0.2) is 0 Å². The van der Waals surface area contributed by atoms with E-state index in [0.717, 1.165) is 44.6 Å². The van der Waals surface area contributed by atoms with Crippen molar-refractivity contribution in [3.8, 4) is 0 Å². The Morgan fingerprint density at radius 3 is 1.83 bits per heavy atom. The van der Waals surface area contributed by atoms with E-state index in [1.165, 1.54) is 76.9 Å². The molecule has 2 saturated heterocycles. The van der Waals surface area contributed by atoms with Crippen LogP contribution in [-0.4, -0.2) is 215 Å². The Morgan fingerprint density at radius 1 is 0.651 bits per heavy atom. The molecule has 2 saturated carbocycles. The van der Waals surface area contributed by atoms with Crippen molar-refractivity contribution in [3.05, 3.63) is 34.3 Å². The molecule has 9 atom stereocenters. The minimum atomic E-state index is -4.75. The number of hydrogen-bond acceptors (Lipinski definition) is 11. The zero-order chi connectivity index (χ0) is 64.4. The number of likely N-dealkylation sites (N-methyl/N-ethyl adjacent to an activating group) is 6. The van der Waals surface area contributed by atoms with Crippen LogP contribution < -0.4 is 21.3 Å². The first-order valence-corrected chi connectivity index (χ1v) is 30.5. The summed E-state index contributed by atoms with van der Waals surface area (Å²) in [6.07, 6.45) is 0.155. The van der Waals surface area contributed by atoms with Crippen LogP contribution in [0.4, 0.5) is 13.2 Å². The summed E-state index contributed by atoms with van der Waals surface area (Å²) in [5.41, 5.74) is -2.24. The standard InChI is InChI=1S/C60H91ClF3N11O11/c1-14-35(4)48-56(84)70(9)32-46(77)69(8)33-47(78)73(12)49(34(2)3)57(85)72(11)38(7)51(79)66-43(26-24-39-23-25-41(42(61)31-39)60(62,63)64)55(83)75-29-19-22-44(75)53(81)68-59(27-17-18-28-59)58(86)74(13)50(40-20-15-16-21-40)54(82)65-36(5)30-45(76)71(10)37(6)52(80)67-48/h23,25,31,34-38,40,43-44,48-50H,14-22,24,26-30,32-33H2,1-13H3,(H,65,82)(H,66,79)(H,67,80)(H,68,81)/t35-,36+,37-,38+,43-,44?,48-,49-,50-/m0/s1. The Hall–Kier alpha value is -6.53. The average molecular weight is 1230 g/mol. The van der Waals surface area contributed by atoms with Crippen molar-refractivity contribution in [1.29, 1.82) is 0 Å². The van der Waals surface area contributed by atoms with Crippen LogP contribution in [0.2, 0.25) is 5.02 Å². The van der Waals surface area contributed by atoms with E-state index in [1.54, 1.807) is 27.7 Å². The molecule has 1 aromatic carbocycles. The molecule has 4 fully saturated rings. The van der Waals surface area contributed by atoms with E-state index in [1.807, 2.05) is 6.92 Å². The summed E-state index contributed by atoms with van der Waals surface area (Å²) < 4.78 is 41.2. The zero-order valence-corrected chi connectivity index (χ0v) is 53.0. The van der Waals surface area contributed by atoms with E-state index >= 15 is 4.79 Å². The number of carbonyl (C=O) groups is 11. The van der Waals surface area contributed by atoms with Crippen LogP contribution in [0.15, 0.2) is 18.2 Å². The third kappa shape index (κ3) is 16.7. The van der Waals surface area contributed by atoms with Gasteiger partial charge in [0.05, 0.1) is 23.7 Å². The summed E-state index contributed by atoms with van der Waals surface area (Å²) in [5, 5.41) is 10.9. The van der Waals surface area contributed by atoms with Gasteiger partial charge < -0.3 is 55.6 Å². The summed E-state index contributed by atoms with van der Waals surface area (Å²) in [6, 6.07) is -5.92. The lowest BCUT2D eigenvalue weighted by atomic mass is 9.90. The molecular weight excluding hydrogens is 1140 g/mol. The molecule has 5 rings (SSSR count). The Bertz CT molecular complexity index is 2690. The smallest absolute Gasteiger partial charge is 0.351 e. The largest absolute Gasteiger partial charge is 0.417 e. The van der Waals surface area contributed by atoms with Gasteiger partial charge >= 0.3 is 6.18 Å². The summed E-state index contributed by atoms with van der Waals surface area (Å²) >= 11 is 6.09. The molecule has 480 valence electrons. The van der Waals surface area contributed by atoms with Gasteiger partial charge in [-0.05, 0) is 108 Å². The molecule has 4 N–H and O–H groups in total. The van der Waals surface area contributed by atoms with Crippen LogP contribution in [0, 0.1) is 17.8 Å². The summed E-state index contributed by atoms with van der Waals surface area (Å²) in [4.78, 5) is 166. The predicted molar refractivity (Wildman–Crippen MR) is 314 cm³/mol. The number of nitrogens with zero attached hydrogens (tertiary/aromatic N) is 7. The maximum absolute atomic E-state index is 15.1. The first-order chi connectivity index (χ1) is 40.2. The number of hydrogen-bond donors (Lipinski definition) is 4. The van der Waals surface area contributed by atoms with E-state index in [9.17, 15) is 61.1 Å². The van der Waals surface area contributed by atoms with Crippen molar-refractivity contribution in [2.24, 2.45) is 17.8 Å². The fourth-order valence-electron chi connectivity index (χ4n) is 12.2. The molecule has 0 bridgehead atoms. The molecule has 4 aliphatic rings. The highest BCUT2D eigenvalue weighted by molar-refractivity contribution is 6.31. The SMILES string of the molecule is CC[C@H](C)[C@@H]1NC(=O)[C@H](C)N(C)C(=O)C[C@@H](C)NC(=O)[C@H](C2CCCC2)N(C)C(=O)C2(CCCC2)NC(=O)C2CCCN2C(=O)[C@H](CCc2ccc(C(F)(F)F)c(Cl)c2)NC(=O)[C@@H](C)N(C)C(=O)[C@H](C(C)C)N(C)C(=O)CN(C)C(=O)CN(C)C1=O. The van der Waals surface area contributed by atoms with Gasteiger partial charge in [0.25, 0.3) is 0 Å². The number of alkyl halides is 3. The highest BCUT2D eigenvalue weighted by Crippen LogP contribution is 2.38. The first-order valence-electron chi connectivity index (χ1n) is 30.1. The van der Waals surface area contributed by atoms with E-state index < -0.39 is 161 Å². The third-order valence-corrected chi connectivity index (χ3v) is 18.5. The van der Waals surface area contributed by atoms with Crippen molar-refractivity contribution < 1.29 is 65.9 Å². The Morgan fingerprint density at radius 2 is 1.24 bits per heavy atom. The minimum absolute atomic E-state index is 0.0570. The fraction of sp³-hybridized carbons (Fsp3) is 0.717. The van der Waals surface area contributed by atoms with Gasteiger partial charge in [0.2, 0.25) is 65.0 Å². The lowest BCUT2D eigenvalue weighted by molar-refractivity contribution is -0.151. The summed E-state index contributed by atoms with van der Waals surface area (Å²) in [6.45, 7) is 10.5. The van der Waals surface area contributed by atoms with Crippen LogP contribution in [-0.2, 0) is 65.3 Å². The number of benzene rings is 1. The zero-order valence-electron chi connectivity index (χ0n) is 52.2. The molecular formula is C60H91ClF3N11O11. The molecule has 1 aromatic rings. The van der Waals surface area contributed by atoms with Crippen LogP contribution in [0.1, 0.15) is 143 Å². The third-order valence-electron chi connectivity index (χ3n) is 18.1. The fourth-order valence-corrected chi connectivity index (χ4v) is 12.6. The second-order valence-electron chi connectivity index (χ2n) is 24.7. The van der Waals surface area contributed by atoms with Crippen LogP contribution >= 0.6 is 11.6 Å². The van der Waals surface area contributed by atoms with Gasteiger partial charge in [-0.1, -0.05) is 77.5 Å². The van der Waals surface area contributed by atoms with E-state index in [0.29, 0.717) is 44.1 Å². The van der Waals surface area contributed by atoms with Gasteiger partial charge in [-0.3, -0.25) is 52.7 Å². The lowest BCUT2D eigenvalue weighted by Gasteiger charge is -2.40. The molecule has 1 spiro atoms. The molecule has 2 aliphatic heterocycles. The highest BCUT2D eigenvalue weighted by Gasteiger charge is 2.50. The first kappa shape index (κ1) is 70.2. The molecule has 1 unspecified atom stereocenters. The Balaban J connectivity index is 1.53. The lowest BCUT2D eigenvalue weighted by Crippen LogP contribution is -2.64. The Labute approximate surface area is 508 Å². The van der Waals surface area contributed by atoms with Crippen molar-refractivity contribution in [1.82, 2.24) is 55.6 Å². The molecule has 0 radical (unpaired) electrons. The number of halogens is 4. The van der Waals surface area contributed by atoms with Crippen LogP contribution in [0.5, 0.6) is 0 Å². The summed E-state index contributed by atoms with van der Waals surface area (Å²) in [7, 11) is 8.39. The number of nitrogens with one attached hydrogen (secondary N) is 4. The number of amides is 11. The van der Waals surface area contributed by atoms with Crippen molar-refractivity contribution >= 4 is 76.6 Å². The number of carbonyl (C=O) groups excluding carboxylic acids is 11. The summed E-state index contributed by atoms with van der Waals surface area (Å²) in [5.74, 6) is -8.20. The molecule has 86 heavy (non-hydrogen) atoms. The van der Waals surface area contributed by atoms with Gasteiger partial charge in [0.1, 0.15) is 47.8 Å². The van der Waals surface area contributed by atoms with Gasteiger partial charge in [-0.2, -0.15) is 13.2 Å². The minimum Gasteiger partial charge on any atom is -0.351 e. The van der Waals surface area contributed by atoms with Crippen LogP contribution in [0.25, 0.3) is 0 Å². The molecule has 2 aliphatic carbocycles. The van der Waals surface area contributed by atoms with Gasteiger partial charge in [0, 0.05) is 61.3 Å². The van der Waals surface area contributed by atoms with Gasteiger partial charge in [-0.15, -0.1) is 0 Å².